The van der Waals surface area contributed by atoms with Crippen LogP contribution in [0.25, 0.3) is 10.8 Å². The number of hydrogen-bond acceptors (Lipinski definition) is 3. The number of phenols is 1. The molecule has 16 heavy (non-hydrogen) atoms. The number of fused-ring (bicyclic) bond motifs is 1. The van der Waals surface area contributed by atoms with Gasteiger partial charge in [0.1, 0.15) is 5.75 Å². The summed E-state index contributed by atoms with van der Waals surface area (Å²) in [6, 6.07) is 11.9. The monoisotopic (exact) mass is 212 g/mol. The van der Waals surface area contributed by atoms with Crippen molar-refractivity contribution in [3.8, 4) is 11.5 Å². The molecular weight excluding hydrogens is 204 g/mol. The quantitative estimate of drug-likeness (QED) is 0.613. The van der Waals surface area contributed by atoms with Gasteiger partial charge in [-0.25, -0.2) is 4.79 Å². The van der Waals surface area contributed by atoms with Gasteiger partial charge in [-0.3, -0.25) is 0 Å². The SMILES string of the molecule is C=CC(=O)Oc1c#ccc2c(O)cccc12. The lowest BCUT2D eigenvalue weighted by atomic mass is 10.1. The Morgan fingerprint density at radius 1 is 1.44 bits per heavy atom. The Morgan fingerprint density at radius 2 is 2.25 bits per heavy atom. The van der Waals surface area contributed by atoms with Gasteiger partial charge in [0.05, 0.1) is 0 Å². The molecule has 0 saturated carbocycles. The molecule has 0 bridgehead atoms. The number of aromatic hydroxyl groups is 1. The molecular formula is C13H8O3. The third kappa shape index (κ3) is 1.69. The van der Waals surface area contributed by atoms with E-state index >= 15 is 0 Å². The fourth-order valence-corrected chi connectivity index (χ4v) is 1.37. The number of ether oxygens (including phenoxy) is 1. The summed E-state index contributed by atoms with van der Waals surface area (Å²) in [7, 11) is 0. The van der Waals surface area contributed by atoms with Crippen molar-refractivity contribution in [3.05, 3.63) is 49.1 Å². The van der Waals surface area contributed by atoms with Crippen molar-refractivity contribution in [3.63, 3.8) is 0 Å². The highest BCUT2D eigenvalue weighted by Gasteiger charge is 2.06. The number of carbonyl (C=O) groups is 1. The second-order valence-electron chi connectivity index (χ2n) is 3.11. The molecule has 0 saturated heterocycles. The summed E-state index contributed by atoms with van der Waals surface area (Å²) in [6.07, 6.45) is 1.06. The van der Waals surface area contributed by atoms with Crippen LogP contribution in [-0.4, -0.2) is 11.1 Å². The molecule has 0 heterocycles. The maximum atomic E-state index is 11.1. The van der Waals surface area contributed by atoms with Gasteiger partial charge in [-0.2, -0.15) is 0 Å². The first-order chi connectivity index (χ1) is 7.72. The van der Waals surface area contributed by atoms with Crippen molar-refractivity contribution < 1.29 is 14.6 Å². The van der Waals surface area contributed by atoms with E-state index < -0.39 is 5.97 Å². The van der Waals surface area contributed by atoms with Gasteiger partial charge < -0.3 is 9.84 Å². The van der Waals surface area contributed by atoms with Crippen LogP contribution in [-0.2, 0) is 4.79 Å². The Balaban J connectivity index is 2.58. The van der Waals surface area contributed by atoms with E-state index in [0.717, 1.165) is 6.08 Å². The van der Waals surface area contributed by atoms with Crippen molar-refractivity contribution in [2.45, 2.75) is 0 Å². The summed E-state index contributed by atoms with van der Waals surface area (Å²) in [5, 5.41) is 10.8. The van der Waals surface area contributed by atoms with Crippen LogP contribution in [0.5, 0.6) is 11.5 Å². The fourth-order valence-electron chi connectivity index (χ4n) is 1.37. The molecule has 0 aliphatic carbocycles. The summed E-state index contributed by atoms with van der Waals surface area (Å²) in [6.45, 7) is 3.31. The van der Waals surface area contributed by atoms with Gasteiger partial charge in [0, 0.05) is 22.9 Å². The normalized spacial score (nSPS) is 9.50. The van der Waals surface area contributed by atoms with Crippen molar-refractivity contribution in [2.24, 2.45) is 0 Å². The molecule has 2 rings (SSSR count). The maximum Gasteiger partial charge on any atom is 0.336 e. The molecule has 0 fully saturated rings. The summed E-state index contributed by atoms with van der Waals surface area (Å²) >= 11 is 0. The van der Waals surface area contributed by atoms with E-state index in [1.54, 1.807) is 24.3 Å². The van der Waals surface area contributed by atoms with E-state index in [-0.39, 0.29) is 11.5 Å². The molecule has 0 aliphatic rings. The highest BCUT2D eigenvalue weighted by atomic mass is 16.5. The highest BCUT2D eigenvalue weighted by molar-refractivity contribution is 5.94. The van der Waals surface area contributed by atoms with Crippen LogP contribution in [0.2, 0.25) is 0 Å². The van der Waals surface area contributed by atoms with Gasteiger partial charge in [-0.1, -0.05) is 18.7 Å². The lowest BCUT2D eigenvalue weighted by molar-refractivity contribution is -0.128. The second-order valence-corrected chi connectivity index (χ2v) is 3.11. The topological polar surface area (TPSA) is 46.5 Å². The Labute approximate surface area is 92.6 Å². The molecule has 0 aromatic heterocycles. The zero-order chi connectivity index (χ0) is 11.5. The largest absolute Gasteiger partial charge is 0.507 e. The third-order valence-corrected chi connectivity index (χ3v) is 2.10. The molecule has 1 N–H and O–H groups in total. The van der Waals surface area contributed by atoms with Gasteiger partial charge in [-0.15, -0.1) is 0 Å². The van der Waals surface area contributed by atoms with E-state index in [1.807, 2.05) is 0 Å². The molecule has 78 valence electrons. The average molecular weight is 212 g/mol. The van der Waals surface area contributed by atoms with Gasteiger partial charge in [0.2, 0.25) is 0 Å². The van der Waals surface area contributed by atoms with Gasteiger partial charge in [0.15, 0.2) is 5.75 Å². The van der Waals surface area contributed by atoms with Crippen molar-refractivity contribution >= 4 is 16.7 Å². The zero-order valence-corrected chi connectivity index (χ0v) is 8.36. The maximum absolute atomic E-state index is 11.1. The minimum Gasteiger partial charge on any atom is -0.507 e. The zero-order valence-electron chi connectivity index (χ0n) is 8.36. The van der Waals surface area contributed by atoms with Crippen LogP contribution in [0.4, 0.5) is 0 Å². The molecule has 0 aliphatic heterocycles. The van der Waals surface area contributed by atoms with Crippen LogP contribution in [0.15, 0.2) is 36.9 Å². The first-order valence-electron chi connectivity index (χ1n) is 4.60. The Bertz CT molecular complexity index is 558. The van der Waals surface area contributed by atoms with Crippen molar-refractivity contribution in [1.82, 2.24) is 0 Å². The molecule has 3 heteroatoms. The summed E-state index contributed by atoms with van der Waals surface area (Å²) in [4.78, 5) is 11.1. The molecule has 0 unspecified atom stereocenters. The smallest absolute Gasteiger partial charge is 0.336 e. The summed E-state index contributed by atoms with van der Waals surface area (Å²) in [5.74, 6) is -0.225. The predicted molar refractivity (Wildman–Crippen MR) is 59.1 cm³/mol. The van der Waals surface area contributed by atoms with Gasteiger partial charge >= 0.3 is 5.97 Å². The van der Waals surface area contributed by atoms with E-state index in [4.69, 9.17) is 4.74 Å². The molecule has 2 aromatic carbocycles. The number of rotatable bonds is 2. The molecule has 0 spiro atoms. The Hall–Kier alpha value is -2.47. The number of hydrogen-bond donors (Lipinski definition) is 1. The molecule has 2 aromatic rings. The number of benzene rings is 1. The molecule has 0 radical (unpaired) electrons. The molecule has 3 nitrogen and oxygen atoms in total. The lowest BCUT2D eigenvalue weighted by Gasteiger charge is -2.03. The number of phenolic OH excluding ortho intramolecular Hbond substituents is 1. The Kier molecular flexibility index (Phi) is 2.49. The number of carbonyl (C=O) groups excluding carboxylic acids is 1. The highest BCUT2D eigenvalue weighted by Crippen LogP contribution is 2.29. The van der Waals surface area contributed by atoms with E-state index in [0.29, 0.717) is 10.8 Å². The van der Waals surface area contributed by atoms with Crippen LogP contribution < -0.4 is 4.74 Å². The first kappa shape index (κ1) is 10.1. The van der Waals surface area contributed by atoms with Gasteiger partial charge in [0.25, 0.3) is 0 Å². The van der Waals surface area contributed by atoms with Crippen LogP contribution >= 0.6 is 0 Å². The first-order valence-corrected chi connectivity index (χ1v) is 4.60. The van der Waals surface area contributed by atoms with Crippen LogP contribution in [0.3, 0.4) is 0 Å². The van der Waals surface area contributed by atoms with Crippen molar-refractivity contribution in [2.75, 3.05) is 0 Å². The van der Waals surface area contributed by atoms with E-state index in [9.17, 15) is 9.90 Å². The summed E-state index contributed by atoms with van der Waals surface area (Å²) in [5.41, 5.74) is 0. The van der Waals surface area contributed by atoms with Gasteiger partial charge in [-0.05, 0) is 18.2 Å². The molecule has 0 atom stereocenters. The van der Waals surface area contributed by atoms with Crippen LogP contribution in [0.1, 0.15) is 0 Å². The minimum atomic E-state index is -0.569. The Morgan fingerprint density at radius 3 is 3.00 bits per heavy atom. The number of esters is 1. The second kappa shape index (κ2) is 3.95. The third-order valence-electron chi connectivity index (χ3n) is 2.10. The fraction of sp³-hybridized carbons (Fsp3) is 0. The van der Waals surface area contributed by atoms with E-state index in [1.165, 1.54) is 0 Å². The van der Waals surface area contributed by atoms with Crippen molar-refractivity contribution in [1.29, 1.82) is 0 Å². The average Bonchev–Trinajstić information content (AvgIpc) is 2.30. The predicted octanol–water partition coefficient (Wildman–Crippen LogP) is 2.24. The van der Waals surface area contributed by atoms with E-state index in [2.05, 4.69) is 18.7 Å². The lowest BCUT2D eigenvalue weighted by Crippen LogP contribution is -2.02. The summed E-state index contributed by atoms with van der Waals surface area (Å²) < 4.78 is 4.98. The molecule has 0 amide bonds. The van der Waals surface area contributed by atoms with Crippen LogP contribution in [0, 0.1) is 12.1 Å². The minimum absolute atomic E-state index is 0.110. The standard InChI is InChI=1S/C13H8O3/c1-2-13(15)16-12-8-4-5-9-10(12)6-3-7-11(9)14/h2-3,5-7,14H,1H2.